The smallest absolute Gasteiger partial charge is 0.250 e. The number of nitrogens with one attached hydrogen (secondary N) is 2. The van der Waals surface area contributed by atoms with Crippen molar-refractivity contribution in [1.82, 2.24) is 10.0 Å². The minimum atomic E-state index is -3.34. The van der Waals surface area contributed by atoms with Crippen molar-refractivity contribution in [2.45, 2.75) is 24.0 Å². The predicted molar refractivity (Wildman–Crippen MR) is 77.5 cm³/mol. The molecule has 0 aliphatic carbocycles. The quantitative estimate of drug-likeness (QED) is 0.872. The Balaban J connectivity index is 1.98. The van der Waals surface area contributed by atoms with Gasteiger partial charge in [0.2, 0.25) is 10.0 Å². The number of thiophene rings is 1. The number of hydrogen-bond acceptors (Lipinski definition) is 4. The third kappa shape index (κ3) is 3.54. The maximum atomic E-state index is 12.1. The van der Waals surface area contributed by atoms with Gasteiger partial charge in [0, 0.05) is 6.54 Å². The molecule has 2 rings (SSSR count). The van der Waals surface area contributed by atoms with Gasteiger partial charge in [-0.3, -0.25) is 0 Å². The fourth-order valence-electron chi connectivity index (χ4n) is 1.95. The highest BCUT2D eigenvalue weighted by atomic mass is 79.9. The molecule has 0 spiro atoms. The molecule has 2 heterocycles. The minimum absolute atomic E-state index is 0.390. The van der Waals surface area contributed by atoms with E-state index in [4.69, 9.17) is 0 Å². The normalized spacial score (nSPS) is 18.1. The highest BCUT2D eigenvalue weighted by molar-refractivity contribution is 9.11. The first-order valence-electron chi connectivity index (χ1n) is 5.95. The highest BCUT2D eigenvalue weighted by Crippen LogP contribution is 2.30. The van der Waals surface area contributed by atoms with Gasteiger partial charge in [-0.1, -0.05) is 0 Å². The van der Waals surface area contributed by atoms with Crippen LogP contribution in [0.15, 0.2) is 14.1 Å². The molecule has 1 aliphatic rings. The molecule has 102 valence electrons. The maximum Gasteiger partial charge on any atom is 0.250 e. The van der Waals surface area contributed by atoms with Crippen LogP contribution in [-0.2, 0) is 10.0 Å². The maximum absolute atomic E-state index is 12.1. The first kappa shape index (κ1) is 14.5. The van der Waals surface area contributed by atoms with E-state index in [1.165, 1.54) is 11.3 Å². The lowest BCUT2D eigenvalue weighted by atomic mass is 9.99. The summed E-state index contributed by atoms with van der Waals surface area (Å²) in [5.74, 6) is 0.450. The number of sulfonamides is 1. The zero-order valence-corrected chi connectivity index (χ0v) is 13.4. The van der Waals surface area contributed by atoms with Crippen LogP contribution in [-0.4, -0.2) is 28.1 Å². The van der Waals surface area contributed by atoms with Crippen molar-refractivity contribution in [1.29, 1.82) is 0 Å². The Bertz CT molecular complexity index is 488. The molecular formula is C11H17BrN2O2S2. The van der Waals surface area contributed by atoms with Gasteiger partial charge in [0.05, 0.1) is 3.79 Å². The molecule has 1 aliphatic heterocycles. The second-order valence-electron chi connectivity index (χ2n) is 4.57. The van der Waals surface area contributed by atoms with Crippen LogP contribution in [0.5, 0.6) is 0 Å². The molecule has 2 N–H and O–H groups in total. The summed E-state index contributed by atoms with van der Waals surface area (Å²) in [4.78, 5) is 0. The summed E-state index contributed by atoms with van der Waals surface area (Å²) in [7, 11) is -3.34. The van der Waals surface area contributed by atoms with Crippen molar-refractivity contribution in [3.63, 3.8) is 0 Å². The zero-order valence-electron chi connectivity index (χ0n) is 10.2. The van der Waals surface area contributed by atoms with Gasteiger partial charge >= 0.3 is 0 Å². The Kier molecular flexibility index (Phi) is 4.82. The van der Waals surface area contributed by atoms with Crippen LogP contribution in [0.2, 0.25) is 0 Å². The van der Waals surface area contributed by atoms with E-state index in [2.05, 4.69) is 26.0 Å². The molecule has 1 aromatic rings. The van der Waals surface area contributed by atoms with E-state index in [0.29, 0.717) is 16.7 Å². The molecule has 4 nitrogen and oxygen atoms in total. The molecule has 1 saturated heterocycles. The third-order valence-electron chi connectivity index (χ3n) is 3.12. The van der Waals surface area contributed by atoms with Crippen LogP contribution in [0.1, 0.15) is 18.4 Å². The lowest BCUT2D eigenvalue weighted by Gasteiger charge is -2.22. The van der Waals surface area contributed by atoms with E-state index >= 15 is 0 Å². The number of halogens is 1. The van der Waals surface area contributed by atoms with Crippen molar-refractivity contribution >= 4 is 37.3 Å². The summed E-state index contributed by atoms with van der Waals surface area (Å²) in [6.07, 6.45) is 2.07. The highest BCUT2D eigenvalue weighted by Gasteiger charge is 2.20. The summed E-state index contributed by atoms with van der Waals surface area (Å²) in [5.41, 5.74) is 0.960. The first-order chi connectivity index (χ1) is 8.49. The Labute approximate surface area is 120 Å². The van der Waals surface area contributed by atoms with Crippen LogP contribution >= 0.6 is 27.3 Å². The minimum Gasteiger partial charge on any atom is -0.317 e. The van der Waals surface area contributed by atoms with Crippen LogP contribution in [0, 0.1) is 12.8 Å². The van der Waals surface area contributed by atoms with Crippen molar-refractivity contribution in [3.8, 4) is 0 Å². The van der Waals surface area contributed by atoms with Crippen LogP contribution in [0.25, 0.3) is 0 Å². The molecule has 18 heavy (non-hydrogen) atoms. The van der Waals surface area contributed by atoms with E-state index < -0.39 is 10.0 Å². The standard InChI is InChI=1S/C11H17BrN2O2S2/c1-8-6-10(17-11(8)12)18(15,16)14-7-9-2-4-13-5-3-9/h6,9,13-14H,2-5,7H2,1H3. The Hall–Kier alpha value is 0.0500. The van der Waals surface area contributed by atoms with E-state index in [1.807, 2.05) is 6.92 Å². The second-order valence-corrected chi connectivity index (χ2v) is 8.93. The molecular weight excluding hydrogens is 336 g/mol. The molecule has 0 amide bonds. The van der Waals surface area contributed by atoms with Gasteiger partial charge in [0.25, 0.3) is 0 Å². The first-order valence-corrected chi connectivity index (χ1v) is 9.04. The molecule has 0 bridgehead atoms. The van der Waals surface area contributed by atoms with Gasteiger partial charge in [-0.25, -0.2) is 13.1 Å². The lowest BCUT2D eigenvalue weighted by molar-refractivity contribution is 0.372. The van der Waals surface area contributed by atoms with Gasteiger partial charge in [0.15, 0.2) is 0 Å². The van der Waals surface area contributed by atoms with Gasteiger partial charge in [-0.05, 0) is 66.3 Å². The van der Waals surface area contributed by atoms with Crippen molar-refractivity contribution in [2.75, 3.05) is 19.6 Å². The molecule has 1 fully saturated rings. The summed E-state index contributed by atoms with van der Waals surface area (Å²) < 4.78 is 28.2. The number of aryl methyl sites for hydroxylation is 1. The van der Waals surface area contributed by atoms with Crippen molar-refractivity contribution < 1.29 is 8.42 Å². The van der Waals surface area contributed by atoms with E-state index in [0.717, 1.165) is 35.3 Å². The Morgan fingerprint density at radius 2 is 2.17 bits per heavy atom. The Morgan fingerprint density at radius 1 is 1.50 bits per heavy atom. The van der Waals surface area contributed by atoms with Crippen LogP contribution < -0.4 is 10.0 Å². The van der Waals surface area contributed by atoms with Gasteiger partial charge in [-0.15, -0.1) is 11.3 Å². The molecule has 0 aromatic carbocycles. The average molecular weight is 353 g/mol. The van der Waals surface area contributed by atoms with Crippen molar-refractivity contribution in [2.24, 2.45) is 5.92 Å². The predicted octanol–water partition coefficient (Wildman–Crippen LogP) is 2.10. The molecule has 0 radical (unpaired) electrons. The van der Waals surface area contributed by atoms with Crippen LogP contribution in [0.4, 0.5) is 0 Å². The molecule has 0 atom stereocenters. The lowest BCUT2D eigenvalue weighted by Crippen LogP contribution is -2.35. The second kappa shape index (κ2) is 6.00. The van der Waals surface area contributed by atoms with Crippen molar-refractivity contribution in [3.05, 3.63) is 15.4 Å². The fourth-order valence-corrected chi connectivity index (χ4v) is 5.33. The number of hydrogen-bond donors (Lipinski definition) is 2. The molecule has 0 saturated carbocycles. The summed E-state index contributed by atoms with van der Waals surface area (Å²) in [5, 5.41) is 3.27. The Morgan fingerprint density at radius 3 is 2.72 bits per heavy atom. The number of rotatable bonds is 4. The topological polar surface area (TPSA) is 58.2 Å². The fraction of sp³-hybridized carbons (Fsp3) is 0.636. The molecule has 7 heteroatoms. The van der Waals surface area contributed by atoms with E-state index in [1.54, 1.807) is 6.07 Å². The van der Waals surface area contributed by atoms with Gasteiger partial charge < -0.3 is 5.32 Å². The molecule has 0 unspecified atom stereocenters. The van der Waals surface area contributed by atoms with E-state index in [-0.39, 0.29) is 0 Å². The molecule has 1 aromatic heterocycles. The van der Waals surface area contributed by atoms with Crippen LogP contribution in [0.3, 0.4) is 0 Å². The summed E-state index contributed by atoms with van der Waals surface area (Å²) in [6.45, 7) is 4.40. The summed E-state index contributed by atoms with van der Waals surface area (Å²) >= 11 is 4.62. The monoisotopic (exact) mass is 352 g/mol. The average Bonchev–Trinajstić information content (AvgIpc) is 2.70. The van der Waals surface area contributed by atoms with Gasteiger partial charge in [-0.2, -0.15) is 0 Å². The largest absolute Gasteiger partial charge is 0.317 e. The number of piperidine rings is 1. The zero-order chi connectivity index (χ0) is 13.2. The summed E-state index contributed by atoms with van der Waals surface area (Å²) in [6, 6.07) is 1.71. The third-order valence-corrected chi connectivity index (χ3v) is 7.15. The van der Waals surface area contributed by atoms with E-state index in [9.17, 15) is 8.42 Å². The SMILES string of the molecule is Cc1cc(S(=O)(=O)NCC2CCNCC2)sc1Br. The van der Waals surface area contributed by atoms with Gasteiger partial charge in [0.1, 0.15) is 4.21 Å².